The van der Waals surface area contributed by atoms with Crippen LogP contribution in [0.5, 0.6) is 0 Å². The van der Waals surface area contributed by atoms with E-state index in [9.17, 15) is 14.3 Å². The Bertz CT molecular complexity index is 1550. The van der Waals surface area contributed by atoms with Gasteiger partial charge in [0.15, 0.2) is 5.65 Å². The van der Waals surface area contributed by atoms with E-state index in [0.29, 0.717) is 27.5 Å². The number of H-pyrrole nitrogens is 2. The third-order valence-electron chi connectivity index (χ3n) is 5.49. The number of amides is 1. The molecule has 1 amide bonds. The highest BCUT2D eigenvalue weighted by Gasteiger charge is 2.19. The highest BCUT2D eigenvalue weighted by atomic mass is 35.5. The second-order valence-corrected chi connectivity index (χ2v) is 8.61. The molecule has 5 rings (SSSR count). The van der Waals surface area contributed by atoms with Crippen molar-refractivity contribution < 1.29 is 14.3 Å². The van der Waals surface area contributed by atoms with Gasteiger partial charge in [-0.3, -0.25) is 14.9 Å². The van der Waals surface area contributed by atoms with Crippen LogP contribution in [0.15, 0.2) is 61.2 Å². The Morgan fingerprint density at radius 1 is 1.09 bits per heavy atom. The molecule has 4 aromatic heterocycles. The third kappa shape index (κ3) is 4.61. The zero-order chi connectivity index (χ0) is 24.5. The number of nitrogens with one attached hydrogen (secondary N) is 3. The maximum absolute atomic E-state index is 13.5. The molecule has 4 heterocycles. The van der Waals surface area contributed by atoms with Gasteiger partial charge < -0.3 is 15.4 Å². The predicted octanol–water partition coefficient (Wildman–Crippen LogP) is 4.92. The molecule has 0 aliphatic heterocycles. The number of aliphatic hydroxyl groups excluding tert-OH is 1. The van der Waals surface area contributed by atoms with E-state index in [1.54, 1.807) is 36.9 Å². The number of pyridine rings is 2. The fourth-order valence-electron chi connectivity index (χ4n) is 3.71. The van der Waals surface area contributed by atoms with Crippen molar-refractivity contribution in [3.63, 3.8) is 0 Å². The first-order chi connectivity index (χ1) is 16.9. The van der Waals surface area contributed by atoms with Crippen molar-refractivity contribution >= 4 is 40.1 Å². The first-order valence-corrected chi connectivity index (χ1v) is 11.2. The van der Waals surface area contributed by atoms with E-state index in [4.69, 9.17) is 23.2 Å². The van der Waals surface area contributed by atoms with Crippen LogP contribution < -0.4 is 5.32 Å². The molecule has 35 heavy (non-hydrogen) atoms. The topological polar surface area (TPSA) is 120 Å². The van der Waals surface area contributed by atoms with E-state index in [1.807, 2.05) is 6.07 Å². The molecule has 0 aliphatic rings. The summed E-state index contributed by atoms with van der Waals surface area (Å²) in [6.07, 6.45) is 6.60. The second-order valence-electron chi connectivity index (χ2n) is 7.77. The van der Waals surface area contributed by atoms with Crippen LogP contribution in [0.4, 0.5) is 4.39 Å². The monoisotopic (exact) mass is 510 g/mol. The minimum absolute atomic E-state index is 0.0932. The Morgan fingerprint density at radius 3 is 2.69 bits per heavy atom. The van der Waals surface area contributed by atoms with E-state index in [-0.39, 0.29) is 10.7 Å². The largest absolute Gasteiger partial charge is 0.394 e. The Balaban J connectivity index is 1.41. The van der Waals surface area contributed by atoms with Crippen LogP contribution in [0.3, 0.4) is 0 Å². The predicted molar refractivity (Wildman–Crippen MR) is 131 cm³/mol. The van der Waals surface area contributed by atoms with Crippen LogP contribution in [0, 0.1) is 5.82 Å². The van der Waals surface area contributed by atoms with Gasteiger partial charge in [-0.25, -0.2) is 9.37 Å². The van der Waals surface area contributed by atoms with Crippen LogP contribution in [0.25, 0.3) is 33.4 Å². The summed E-state index contributed by atoms with van der Waals surface area (Å²) in [6.45, 7) is -0.391. The molecule has 0 radical (unpaired) electrons. The Labute approximate surface area is 208 Å². The Morgan fingerprint density at radius 2 is 1.91 bits per heavy atom. The van der Waals surface area contributed by atoms with Crippen molar-refractivity contribution in [2.45, 2.75) is 6.04 Å². The molecule has 0 saturated carbocycles. The Hall–Kier alpha value is -3.79. The SMILES string of the molecule is O=C(N[C@H](CO)c1ccc(F)c(Cl)c1)c1cc(-c2n[nH]c3ncc(-c4cncc(Cl)c4)cc23)c[nH]1. The molecule has 0 unspecified atom stereocenters. The number of rotatable bonds is 6. The van der Waals surface area contributed by atoms with Crippen molar-refractivity contribution in [1.82, 2.24) is 30.5 Å². The molecule has 0 spiro atoms. The van der Waals surface area contributed by atoms with Gasteiger partial charge in [0.05, 0.1) is 22.7 Å². The minimum atomic E-state index is -0.767. The molecule has 1 aromatic carbocycles. The highest BCUT2D eigenvalue weighted by molar-refractivity contribution is 6.31. The van der Waals surface area contributed by atoms with Gasteiger partial charge in [-0.15, -0.1) is 0 Å². The van der Waals surface area contributed by atoms with Gasteiger partial charge in [-0.2, -0.15) is 5.10 Å². The van der Waals surface area contributed by atoms with Crippen molar-refractivity contribution in [3.05, 3.63) is 88.3 Å². The quantitative estimate of drug-likeness (QED) is 0.258. The Kier molecular flexibility index (Phi) is 6.21. The molecule has 0 saturated heterocycles. The first-order valence-electron chi connectivity index (χ1n) is 10.4. The van der Waals surface area contributed by atoms with E-state index < -0.39 is 24.4 Å². The van der Waals surface area contributed by atoms with Crippen molar-refractivity contribution in [1.29, 1.82) is 0 Å². The number of benzene rings is 1. The summed E-state index contributed by atoms with van der Waals surface area (Å²) in [5, 5.41) is 20.9. The van der Waals surface area contributed by atoms with Crippen LogP contribution in [0.1, 0.15) is 22.1 Å². The second kappa shape index (κ2) is 9.46. The number of nitrogens with zero attached hydrogens (tertiary/aromatic N) is 3. The molecule has 5 aromatic rings. The summed E-state index contributed by atoms with van der Waals surface area (Å²) in [5.41, 5.74) is 4.20. The molecule has 0 bridgehead atoms. The van der Waals surface area contributed by atoms with E-state index >= 15 is 0 Å². The molecular formula is C24H17Cl2FN6O2. The molecule has 176 valence electrons. The molecule has 1 atom stereocenters. The van der Waals surface area contributed by atoms with Crippen LogP contribution >= 0.6 is 23.2 Å². The van der Waals surface area contributed by atoms with Gasteiger partial charge in [0.25, 0.3) is 5.91 Å². The van der Waals surface area contributed by atoms with Crippen molar-refractivity contribution in [2.24, 2.45) is 0 Å². The lowest BCUT2D eigenvalue weighted by Gasteiger charge is -2.16. The summed E-state index contributed by atoms with van der Waals surface area (Å²) in [7, 11) is 0. The average molecular weight is 511 g/mol. The lowest BCUT2D eigenvalue weighted by molar-refractivity contribution is 0.0911. The van der Waals surface area contributed by atoms with Gasteiger partial charge in [-0.05, 0) is 35.9 Å². The van der Waals surface area contributed by atoms with Crippen LogP contribution in [0.2, 0.25) is 10.0 Å². The fraction of sp³-hybridized carbons (Fsp3) is 0.0833. The maximum atomic E-state index is 13.5. The average Bonchev–Trinajstić information content (AvgIpc) is 3.51. The van der Waals surface area contributed by atoms with Crippen molar-refractivity contribution in [3.8, 4) is 22.4 Å². The number of aromatic amines is 2. The zero-order valence-corrected chi connectivity index (χ0v) is 19.4. The molecule has 8 nitrogen and oxygen atoms in total. The lowest BCUT2D eigenvalue weighted by atomic mass is 10.1. The molecule has 0 fully saturated rings. The summed E-state index contributed by atoms with van der Waals surface area (Å²) in [4.78, 5) is 24.3. The summed E-state index contributed by atoms with van der Waals surface area (Å²) >= 11 is 11.9. The molecular weight excluding hydrogens is 494 g/mol. The van der Waals surface area contributed by atoms with Crippen molar-refractivity contribution in [2.75, 3.05) is 6.61 Å². The number of fused-ring (bicyclic) bond motifs is 1. The van der Waals surface area contributed by atoms with Gasteiger partial charge in [0, 0.05) is 46.9 Å². The zero-order valence-electron chi connectivity index (χ0n) is 17.9. The number of carbonyl (C=O) groups excluding carboxylic acids is 1. The fourth-order valence-corrected chi connectivity index (χ4v) is 4.08. The molecule has 0 aliphatic carbocycles. The first kappa shape index (κ1) is 23.0. The summed E-state index contributed by atoms with van der Waals surface area (Å²) in [6, 6.07) is 8.60. The normalized spacial score (nSPS) is 12.1. The van der Waals surface area contributed by atoms with E-state index in [1.165, 1.54) is 18.2 Å². The summed E-state index contributed by atoms with van der Waals surface area (Å²) < 4.78 is 13.5. The molecule has 11 heteroatoms. The molecule has 4 N–H and O–H groups in total. The maximum Gasteiger partial charge on any atom is 0.268 e. The standard InChI is InChI=1S/C24H17Cl2FN6O2/c25-16-3-13(7-28-10-16)14-4-17-22(32-33-23(17)30-8-14)15-6-20(29-9-15)24(35)31-21(11-34)12-1-2-19(27)18(26)5-12/h1-10,21,29,34H,11H2,(H,31,35)(H,30,32,33)/t21-/m1/s1. The van der Waals surface area contributed by atoms with Crippen LogP contribution in [-0.2, 0) is 0 Å². The highest BCUT2D eigenvalue weighted by Crippen LogP contribution is 2.30. The van der Waals surface area contributed by atoms with Gasteiger partial charge in [-0.1, -0.05) is 29.3 Å². The lowest BCUT2D eigenvalue weighted by Crippen LogP contribution is -2.31. The van der Waals surface area contributed by atoms with Gasteiger partial charge >= 0.3 is 0 Å². The number of halogens is 3. The van der Waals surface area contributed by atoms with Gasteiger partial charge in [0.2, 0.25) is 0 Å². The number of aliphatic hydroxyl groups is 1. The smallest absolute Gasteiger partial charge is 0.268 e. The van der Waals surface area contributed by atoms with E-state index in [2.05, 4.69) is 30.5 Å². The number of hydrogen-bond donors (Lipinski definition) is 4. The number of carbonyl (C=O) groups is 1. The van der Waals surface area contributed by atoms with E-state index in [0.717, 1.165) is 16.5 Å². The minimum Gasteiger partial charge on any atom is -0.394 e. The van der Waals surface area contributed by atoms with Crippen LogP contribution in [-0.4, -0.2) is 42.8 Å². The number of hydrogen-bond acceptors (Lipinski definition) is 5. The summed E-state index contributed by atoms with van der Waals surface area (Å²) in [5.74, 6) is -1.04. The van der Waals surface area contributed by atoms with Gasteiger partial charge in [0.1, 0.15) is 17.2 Å². The number of aromatic nitrogens is 5. The third-order valence-corrected chi connectivity index (χ3v) is 5.99.